The molecule has 0 radical (unpaired) electrons. The van der Waals surface area contributed by atoms with E-state index in [4.69, 9.17) is 11.6 Å². The highest BCUT2D eigenvalue weighted by molar-refractivity contribution is 6.21. The lowest BCUT2D eigenvalue weighted by Gasteiger charge is -2.25. The van der Waals surface area contributed by atoms with E-state index in [2.05, 4.69) is 52.0 Å². The van der Waals surface area contributed by atoms with Gasteiger partial charge in [-0.25, -0.2) is 0 Å². The molecule has 0 spiro atoms. The average molecular weight is 253 g/mol. The second-order valence-corrected chi connectivity index (χ2v) is 6.47. The lowest BCUT2D eigenvalue weighted by Crippen LogP contribution is -2.21. The molecule has 17 heavy (non-hydrogen) atoms. The van der Waals surface area contributed by atoms with Crippen LogP contribution in [-0.2, 0) is 12.8 Å². The van der Waals surface area contributed by atoms with Gasteiger partial charge in [0.2, 0.25) is 0 Å². The van der Waals surface area contributed by atoms with E-state index in [1.807, 2.05) is 0 Å². The quantitative estimate of drug-likeness (QED) is 0.630. The van der Waals surface area contributed by atoms with Crippen LogP contribution in [0.2, 0.25) is 0 Å². The molecule has 1 rings (SSSR count). The Bertz CT molecular complexity index is 336. The van der Waals surface area contributed by atoms with Crippen LogP contribution in [0, 0.1) is 5.41 Å². The second kappa shape index (κ2) is 6.44. The standard InChI is InChI=1S/C16H25Cl/c1-5-7-13-8-6-9-14(12-13)10-11-15(17)16(2,3)4/h6,8-9,12,15H,5,7,10-11H2,1-4H3. The third kappa shape index (κ3) is 5.12. The molecule has 1 atom stereocenters. The number of benzene rings is 1. The topological polar surface area (TPSA) is 0 Å². The molecule has 0 saturated carbocycles. The smallest absolute Gasteiger partial charge is 0.0387 e. The predicted octanol–water partition coefficient (Wildman–Crippen LogP) is 5.23. The molecule has 0 N–H and O–H groups in total. The van der Waals surface area contributed by atoms with E-state index in [0.29, 0.717) is 0 Å². The van der Waals surface area contributed by atoms with Crippen molar-refractivity contribution < 1.29 is 0 Å². The molecule has 1 unspecified atom stereocenters. The first-order valence-corrected chi connectivity index (χ1v) is 7.09. The van der Waals surface area contributed by atoms with E-state index in [-0.39, 0.29) is 10.8 Å². The number of rotatable bonds is 5. The molecule has 0 bridgehead atoms. The molecule has 0 saturated heterocycles. The highest BCUT2D eigenvalue weighted by Crippen LogP contribution is 2.28. The number of halogens is 1. The summed E-state index contributed by atoms with van der Waals surface area (Å²) in [6.45, 7) is 8.84. The zero-order chi connectivity index (χ0) is 12.9. The van der Waals surface area contributed by atoms with Crippen LogP contribution in [-0.4, -0.2) is 5.38 Å². The minimum absolute atomic E-state index is 0.197. The number of aryl methyl sites for hydroxylation is 2. The molecule has 0 aliphatic carbocycles. The summed E-state index contributed by atoms with van der Waals surface area (Å²) in [6.07, 6.45) is 4.53. The van der Waals surface area contributed by atoms with Gasteiger partial charge in [-0.3, -0.25) is 0 Å². The third-order valence-electron chi connectivity index (χ3n) is 3.16. The Morgan fingerprint density at radius 3 is 2.24 bits per heavy atom. The Hall–Kier alpha value is -0.490. The van der Waals surface area contributed by atoms with E-state index in [0.717, 1.165) is 12.8 Å². The first-order chi connectivity index (χ1) is 7.93. The fourth-order valence-corrected chi connectivity index (χ4v) is 2.06. The van der Waals surface area contributed by atoms with Crippen LogP contribution in [0.1, 0.15) is 51.7 Å². The molecule has 1 aromatic rings. The van der Waals surface area contributed by atoms with Crippen molar-refractivity contribution in [2.24, 2.45) is 5.41 Å². The summed E-state index contributed by atoms with van der Waals surface area (Å²) in [7, 11) is 0. The van der Waals surface area contributed by atoms with Crippen LogP contribution in [0.15, 0.2) is 24.3 Å². The van der Waals surface area contributed by atoms with Gasteiger partial charge in [0.1, 0.15) is 0 Å². The Morgan fingerprint density at radius 1 is 1.12 bits per heavy atom. The summed E-state index contributed by atoms with van der Waals surface area (Å²) in [5.74, 6) is 0. The number of hydrogen-bond donors (Lipinski definition) is 0. The summed E-state index contributed by atoms with van der Waals surface area (Å²) in [5, 5.41) is 0.248. The minimum atomic E-state index is 0.197. The molecule has 1 heteroatoms. The van der Waals surface area contributed by atoms with Crippen molar-refractivity contribution in [2.75, 3.05) is 0 Å². The van der Waals surface area contributed by atoms with Crippen molar-refractivity contribution >= 4 is 11.6 Å². The van der Waals surface area contributed by atoms with Crippen LogP contribution < -0.4 is 0 Å². The van der Waals surface area contributed by atoms with E-state index >= 15 is 0 Å². The normalized spacial score (nSPS) is 13.7. The lowest BCUT2D eigenvalue weighted by atomic mass is 9.88. The van der Waals surface area contributed by atoms with Crippen molar-refractivity contribution in [3.8, 4) is 0 Å². The highest BCUT2D eigenvalue weighted by atomic mass is 35.5. The summed E-state index contributed by atoms with van der Waals surface area (Å²) in [5.41, 5.74) is 3.07. The van der Waals surface area contributed by atoms with E-state index in [1.54, 1.807) is 0 Å². The van der Waals surface area contributed by atoms with Crippen LogP contribution >= 0.6 is 11.6 Å². The van der Waals surface area contributed by atoms with Gasteiger partial charge in [0.25, 0.3) is 0 Å². The molecule has 96 valence electrons. The number of hydrogen-bond acceptors (Lipinski definition) is 0. The summed E-state index contributed by atoms with van der Waals surface area (Å²) in [6, 6.07) is 8.93. The van der Waals surface area contributed by atoms with Crippen molar-refractivity contribution in [1.82, 2.24) is 0 Å². The second-order valence-electron chi connectivity index (χ2n) is 5.94. The van der Waals surface area contributed by atoms with Crippen molar-refractivity contribution in [2.45, 2.75) is 58.8 Å². The third-order valence-corrected chi connectivity index (χ3v) is 4.03. The van der Waals surface area contributed by atoms with Gasteiger partial charge in [0, 0.05) is 5.38 Å². The van der Waals surface area contributed by atoms with E-state index < -0.39 is 0 Å². The van der Waals surface area contributed by atoms with Crippen LogP contribution in [0.3, 0.4) is 0 Å². The van der Waals surface area contributed by atoms with Gasteiger partial charge < -0.3 is 0 Å². The summed E-state index contributed by atoms with van der Waals surface area (Å²) in [4.78, 5) is 0. The van der Waals surface area contributed by atoms with E-state index in [1.165, 1.54) is 24.0 Å². The maximum atomic E-state index is 6.41. The monoisotopic (exact) mass is 252 g/mol. The maximum absolute atomic E-state index is 6.41. The highest BCUT2D eigenvalue weighted by Gasteiger charge is 2.21. The van der Waals surface area contributed by atoms with Gasteiger partial charge in [-0.05, 0) is 35.8 Å². The predicted molar refractivity (Wildman–Crippen MR) is 77.9 cm³/mol. The van der Waals surface area contributed by atoms with Crippen LogP contribution in [0.25, 0.3) is 0 Å². The van der Waals surface area contributed by atoms with Gasteiger partial charge >= 0.3 is 0 Å². The van der Waals surface area contributed by atoms with Crippen LogP contribution in [0.5, 0.6) is 0 Å². The Morgan fingerprint density at radius 2 is 1.71 bits per heavy atom. The van der Waals surface area contributed by atoms with Crippen LogP contribution in [0.4, 0.5) is 0 Å². The Kier molecular flexibility index (Phi) is 5.52. The molecular weight excluding hydrogens is 228 g/mol. The van der Waals surface area contributed by atoms with Gasteiger partial charge in [-0.1, -0.05) is 58.4 Å². The molecular formula is C16H25Cl. The minimum Gasteiger partial charge on any atom is -0.122 e. The fraction of sp³-hybridized carbons (Fsp3) is 0.625. The van der Waals surface area contributed by atoms with Gasteiger partial charge in [0.05, 0.1) is 0 Å². The summed E-state index contributed by atoms with van der Waals surface area (Å²) >= 11 is 6.41. The van der Waals surface area contributed by atoms with Gasteiger partial charge in [0.15, 0.2) is 0 Å². The van der Waals surface area contributed by atoms with Crippen molar-refractivity contribution in [1.29, 1.82) is 0 Å². The number of alkyl halides is 1. The Balaban J connectivity index is 2.54. The van der Waals surface area contributed by atoms with Crippen molar-refractivity contribution in [3.05, 3.63) is 35.4 Å². The molecule has 0 fully saturated rings. The van der Waals surface area contributed by atoms with Crippen molar-refractivity contribution in [3.63, 3.8) is 0 Å². The average Bonchev–Trinajstić information content (AvgIpc) is 2.25. The fourth-order valence-electron chi connectivity index (χ4n) is 1.96. The molecule has 0 aromatic heterocycles. The summed E-state index contributed by atoms with van der Waals surface area (Å²) < 4.78 is 0. The zero-order valence-corrected chi connectivity index (χ0v) is 12.3. The SMILES string of the molecule is CCCc1cccc(CCC(Cl)C(C)(C)C)c1. The first kappa shape index (κ1) is 14.6. The van der Waals surface area contributed by atoms with E-state index in [9.17, 15) is 0 Å². The molecule has 1 aromatic carbocycles. The zero-order valence-electron chi connectivity index (χ0n) is 11.6. The first-order valence-electron chi connectivity index (χ1n) is 6.65. The molecule has 0 amide bonds. The molecule has 0 nitrogen and oxygen atoms in total. The van der Waals surface area contributed by atoms with Gasteiger partial charge in [-0.2, -0.15) is 0 Å². The lowest BCUT2D eigenvalue weighted by molar-refractivity contribution is 0.374. The Labute approximate surface area is 111 Å². The molecule has 0 aliphatic rings. The largest absolute Gasteiger partial charge is 0.122 e. The van der Waals surface area contributed by atoms with Gasteiger partial charge in [-0.15, -0.1) is 11.6 Å². The molecule has 0 aliphatic heterocycles. The maximum Gasteiger partial charge on any atom is 0.0387 e. The molecule has 0 heterocycles.